The molecule has 0 aliphatic rings. The summed E-state index contributed by atoms with van der Waals surface area (Å²) in [6.07, 6.45) is 0.861. The quantitative estimate of drug-likeness (QED) is 0.413. The zero-order valence-corrected chi connectivity index (χ0v) is 6.71. The number of nitro groups is 1. The van der Waals surface area contributed by atoms with E-state index >= 15 is 0 Å². The van der Waals surface area contributed by atoms with E-state index in [1.54, 1.807) is 0 Å². The molecule has 4 nitrogen and oxygen atoms in total. The zero-order valence-electron chi connectivity index (χ0n) is 5.12. The van der Waals surface area contributed by atoms with E-state index in [0.717, 1.165) is 12.3 Å². The van der Waals surface area contributed by atoms with Gasteiger partial charge in [0.15, 0.2) is 0 Å². The van der Waals surface area contributed by atoms with Crippen LogP contribution in [0.15, 0.2) is 16.7 Å². The van der Waals surface area contributed by atoms with Gasteiger partial charge >= 0.3 is 5.69 Å². The van der Waals surface area contributed by atoms with Crippen LogP contribution in [0.4, 0.5) is 10.1 Å². The Morgan fingerprint density at radius 1 is 1.73 bits per heavy atom. The first-order chi connectivity index (χ1) is 5.11. The summed E-state index contributed by atoms with van der Waals surface area (Å²) in [4.78, 5) is 12.6. The molecule has 0 aliphatic heterocycles. The number of nitrogens with zero attached hydrogens (tertiary/aromatic N) is 2. The summed E-state index contributed by atoms with van der Waals surface area (Å²) < 4.78 is 12.3. The van der Waals surface area contributed by atoms with Crippen molar-refractivity contribution in [2.45, 2.75) is 0 Å². The van der Waals surface area contributed by atoms with Crippen molar-refractivity contribution >= 4 is 21.6 Å². The summed E-state index contributed by atoms with van der Waals surface area (Å²) in [6.45, 7) is 0. The van der Waals surface area contributed by atoms with E-state index in [1.807, 2.05) is 0 Å². The van der Waals surface area contributed by atoms with Gasteiger partial charge in [-0.05, 0) is 15.9 Å². The molecular formula is C5H2BrFN2O2. The van der Waals surface area contributed by atoms with Gasteiger partial charge in [0.05, 0.1) is 4.92 Å². The van der Waals surface area contributed by atoms with Crippen molar-refractivity contribution in [2.24, 2.45) is 0 Å². The Morgan fingerprint density at radius 3 is 2.82 bits per heavy atom. The van der Waals surface area contributed by atoms with Crippen LogP contribution in [-0.4, -0.2) is 9.91 Å². The fourth-order valence-electron chi connectivity index (χ4n) is 0.535. The van der Waals surface area contributed by atoms with Crippen LogP contribution in [0.1, 0.15) is 0 Å². The van der Waals surface area contributed by atoms with Crippen LogP contribution in [0.25, 0.3) is 0 Å². The lowest BCUT2D eigenvalue weighted by atomic mass is 10.4. The van der Waals surface area contributed by atoms with E-state index in [0.29, 0.717) is 0 Å². The lowest BCUT2D eigenvalue weighted by molar-refractivity contribution is -0.386. The molecule has 0 aliphatic carbocycles. The fraction of sp³-hybridized carbons (Fsp3) is 0. The van der Waals surface area contributed by atoms with Crippen molar-refractivity contribution < 1.29 is 9.31 Å². The molecule has 6 heteroatoms. The maximum Gasteiger partial charge on any atom is 0.301 e. The molecule has 0 saturated heterocycles. The highest BCUT2D eigenvalue weighted by Crippen LogP contribution is 2.22. The Hall–Kier alpha value is -1.04. The summed E-state index contributed by atoms with van der Waals surface area (Å²) in [5.41, 5.74) is -0.244. The van der Waals surface area contributed by atoms with Crippen LogP contribution in [0.3, 0.4) is 0 Å². The summed E-state index contributed by atoms with van der Waals surface area (Å²) in [5, 5.41) is 10.1. The lowest BCUT2D eigenvalue weighted by Gasteiger charge is -1.92. The van der Waals surface area contributed by atoms with Crippen LogP contribution in [0.5, 0.6) is 0 Å². The maximum atomic E-state index is 12.2. The van der Waals surface area contributed by atoms with Gasteiger partial charge in [-0.25, -0.2) is 4.98 Å². The highest BCUT2D eigenvalue weighted by molar-refractivity contribution is 9.10. The van der Waals surface area contributed by atoms with E-state index in [1.165, 1.54) is 0 Å². The summed E-state index contributed by atoms with van der Waals surface area (Å²) in [7, 11) is 0. The summed E-state index contributed by atoms with van der Waals surface area (Å²) >= 11 is 2.83. The average Bonchev–Trinajstić information content (AvgIpc) is 1.85. The van der Waals surface area contributed by atoms with Gasteiger partial charge < -0.3 is 0 Å². The molecule has 1 heterocycles. The second-order valence-corrected chi connectivity index (χ2v) is 2.57. The largest absolute Gasteiger partial charge is 0.301 e. The molecule has 0 spiro atoms. The first-order valence-electron chi connectivity index (χ1n) is 2.56. The molecule has 0 radical (unpaired) electrons. The molecule has 1 aromatic rings. The molecule has 0 aromatic carbocycles. The molecule has 58 valence electrons. The molecule has 11 heavy (non-hydrogen) atoms. The molecule has 0 amide bonds. The van der Waals surface area contributed by atoms with Crippen molar-refractivity contribution in [1.29, 1.82) is 0 Å². The van der Waals surface area contributed by atoms with Gasteiger partial charge in [-0.1, -0.05) is 0 Å². The molecule has 1 aromatic heterocycles. The van der Waals surface area contributed by atoms with Crippen LogP contribution in [0, 0.1) is 16.1 Å². The minimum Gasteiger partial charge on any atom is -0.258 e. The molecule has 0 fully saturated rings. The van der Waals surface area contributed by atoms with Crippen molar-refractivity contribution in [2.75, 3.05) is 0 Å². The SMILES string of the molecule is O=[N+]([O-])c1cnc(F)cc1Br. The molecule has 0 bridgehead atoms. The van der Waals surface area contributed by atoms with Crippen LogP contribution >= 0.6 is 15.9 Å². The highest BCUT2D eigenvalue weighted by Gasteiger charge is 2.12. The van der Waals surface area contributed by atoms with Crippen molar-refractivity contribution in [3.63, 3.8) is 0 Å². The van der Waals surface area contributed by atoms with Gasteiger partial charge in [0, 0.05) is 6.07 Å². The Labute approximate surface area is 69.3 Å². The third-order valence-electron chi connectivity index (χ3n) is 0.997. The number of rotatable bonds is 1. The van der Waals surface area contributed by atoms with Crippen molar-refractivity contribution in [1.82, 2.24) is 4.98 Å². The normalized spacial score (nSPS) is 9.64. The predicted octanol–water partition coefficient (Wildman–Crippen LogP) is 1.89. The first kappa shape index (κ1) is 8.06. The smallest absolute Gasteiger partial charge is 0.258 e. The van der Waals surface area contributed by atoms with E-state index in [-0.39, 0.29) is 10.2 Å². The monoisotopic (exact) mass is 220 g/mol. The Morgan fingerprint density at radius 2 is 2.36 bits per heavy atom. The van der Waals surface area contributed by atoms with Crippen LogP contribution in [-0.2, 0) is 0 Å². The topological polar surface area (TPSA) is 56.0 Å². The van der Waals surface area contributed by atoms with E-state index in [4.69, 9.17) is 0 Å². The second kappa shape index (κ2) is 2.91. The van der Waals surface area contributed by atoms with E-state index < -0.39 is 10.9 Å². The van der Waals surface area contributed by atoms with E-state index in [2.05, 4.69) is 20.9 Å². The van der Waals surface area contributed by atoms with Gasteiger partial charge in [-0.2, -0.15) is 4.39 Å². The summed E-state index contributed by atoms with van der Waals surface area (Å²) in [5.74, 6) is -0.748. The second-order valence-electron chi connectivity index (χ2n) is 1.72. The average molecular weight is 221 g/mol. The maximum absolute atomic E-state index is 12.2. The minimum absolute atomic E-state index is 0.0926. The van der Waals surface area contributed by atoms with Gasteiger partial charge in [-0.3, -0.25) is 10.1 Å². The van der Waals surface area contributed by atoms with Crippen molar-refractivity contribution in [3.8, 4) is 0 Å². The van der Waals surface area contributed by atoms with Crippen molar-refractivity contribution in [3.05, 3.63) is 32.8 Å². The zero-order chi connectivity index (χ0) is 8.43. The van der Waals surface area contributed by atoms with Crippen LogP contribution < -0.4 is 0 Å². The molecule has 0 atom stereocenters. The van der Waals surface area contributed by atoms with E-state index in [9.17, 15) is 14.5 Å². The molecule has 0 saturated carbocycles. The number of pyridine rings is 1. The van der Waals surface area contributed by atoms with Gasteiger partial charge in [0.2, 0.25) is 5.95 Å². The molecule has 1 rings (SSSR count). The van der Waals surface area contributed by atoms with Gasteiger partial charge in [0.25, 0.3) is 0 Å². The van der Waals surface area contributed by atoms with Gasteiger partial charge in [0.1, 0.15) is 10.7 Å². The standard InChI is InChI=1S/C5H2BrFN2O2/c6-3-1-5(7)8-2-4(3)9(10)11/h1-2H. The number of hydrogen-bond donors (Lipinski definition) is 0. The third-order valence-corrected chi connectivity index (χ3v) is 1.63. The minimum atomic E-state index is -0.748. The number of aromatic nitrogens is 1. The highest BCUT2D eigenvalue weighted by atomic mass is 79.9. The third kappa shape index (κ3) is 1.70. The number of halogens is 2. The fourth-order valence-corrected chi connectivity index (χ4v) is 0.971. The predicted molar refractivity (Wildman–Crippen MR) is 38.5 cm³/mol. The molecule has 0 unspecified atom stereocenters. The lowest BCUT2D eigenvalue weighted by Crippen LogP contribution is -1.91. The molecular weight excluding hydrogens is 219 g/mol. The van der Waals surface area contributed by atoms with Gasteiger partial charge in [-0.15, -0.1) is 0 Å². The Bertz CT molecular complexity index is 305. The Kier molecular flexibility index (Phi) is 2.13. The Balaban J connectivity index is 3.20. The summed E-state index contributed by atoms with van der Waals surface area (Å²) in [6, 6.07) is 0.943. The first-order valence-corrected chi connectivity index (χ1v) is 3.36. The molecule has 0 N–H and O–H groups in total. The number of hydrogen-bond acceptors (Lipinski definition) is 3. The van der Waals surface area contributed by atoms with Crippen LogP contribution in [0.2, 0.25) is 0 Å².